The van der Waals surface area contributed by atoms with E-state index in [1.54, 1.807) is 7.05 Å². The Morgan fingerprint density at radius 1 is 0.879 bits per heavy atom. The number of imidazole rings is 2. The lowest BCUT2D eigenvalue weighted by molar-refractivity contribution is 0.250. The van der Waals surface area contributed by atoms with Crippen LogP contribution >= 0.6 is 0 Å². The Morgan fingerprint density at radius 2 is 1.58 bits per heavy atom. The van der Waals surface area contributed by atoms with E-state index in [1.165, 1.54) is 17.3 Å². The summed E-state index contributed by atoms with van der Waals surface area (Å²) < 4.78 is 6.69. The Balaban J connectivity index is 1.33. The average Bonchev–Trinajstić information content (AvgIpc) is 3.34. The molecule has 0 amide bonds. The van der Waals surface area contributed by atoms with Crippen molar-refractivity contribution in [1.82, 2.24) is 28.0 Å². The van der Waals surface area contributed by atoms with Crippen molar-refractivity contribution in [3.63, 3.8) is 0 Å². The van der Waals surface area contributed by atoms with Gasteiger partial charge in [-0.1, -0.05) is 18.2 Å². The summed E-state index contributed by atoms with van der Waals surface area (Å²) in [6.07, 6.45) is 0.996. The first-order valence-corrected chi connectivity index (χ1v) is 11.5. The van der Waals surface area contributed by atoms with Crippen LogP contribution in [-0.2, 0) is 20.6 Å². The summed E-state index contributed by atoms with van der Waals surface area (Å²) in [6.45, 7) is 10.1. The van der Waals surface area contributed by atoms with E-state index in [0.29, 0.717) is 11.2 Å². The third-order valence-electron chi connectivity index (χ3n) is 7.10. The molecule has 0 unspecified atom stereocenters. The second kappa shape index (κ2) is 8.22. The molecule has 1 aliphatic heterocycles. The predicted octanol–water partition coefficient (Wildman–Crippen LogP) is 1.52. The smallest absolute Gasteiger partial charge is 0.332 e. The van der Waals surface area contributed by atoms with E-state index < -0.39 is 0 Å². The van der Waals surface area contributed by atoms with Gasteiger partial charge in [0.25, 0.3) is 5.56 Å². The number of benzene rings is 1. The van der Waals surface area contributed by atoms with Crippen LogP contribution in [0, 0.1) is 13.8 Å². The molecule has 9 nitrogen and oxygen atoms in total. The van der Waals surface area contributed by atoms with Crippen LogP contribution in [0.25, 0.3) is 16.9 Å². The molecule has 0 atom stereocenters. The van der Waals surface area contributed by atoms with Crippen molar-refractivity contribution in [2.45, 2.75) is 26.8 Å². The number of piperazine rings is 1. The fourth-order valence-corrected chi connectivity index (χ4v) is 4.98. The molecule has 33 heavy (non-hydrogen) atoms. The van der Waals surface area contributed by atoms with E-state index in [2.05, 4.69) is 51.6 Å². The zero-order valence-electron chi connectivity index (χ0n) is 19.8. The molecule has 0 saturated carbocycles. The number of hydrogen-bond donors (Lipinski definition) is 0. The minimum atomic E-state index is -0.358. The third kappa shape index (κ3) is 3.47. The number of nitrogens with zero attached hydrogens (tertiary/aromatic N) is 7. The zero-order chi connectivity index (χ0) is 23.3. The molecular weight excluding hydrogens is 418 g/mol. The summed E-state index contributed by atoms with van der Waals surface area (Å²) in [6, 6.07) is 10.6. The van der Waals surface area contributed by atoms with Gasteiger partial charge in [0.1, 0.15) is 0 Å². The van der Waals surface area contributed by atoms with Gasteiger partial charge in [-0.2, -0.15) is 4.98 Å². The zero-order valence-corrected chi connectivity index (χ0v) is 19.8. The van der Waals surface area contributed by atoms with Crippen molar-refractivity contribution in [2.24, 2.45) is 14.1 Å². The Bertz CT molecular complexity index is 1430. The number of rotatable bonds is 5. The van der Waals surface area contributed by atoms with Gasteiger partial charge >= 0.3 is 5.69 Å². The molecule has 0 N–H and O–H groups in total. The highest BCUT2D eigenvalue weighted by molar-refractivity contribution is 5.76. The molecule has 1 aliphatic rings. The van der Waals surface area contributed by atoms with Crippen LogP contribution in [0.15, 0.2) is 39.9 Å². The van der Waals surface area contributed by atoms with Gasteiger partial charge in [-0.25, -0.2) is 4.79 Å². The predicted molar refractivity (Wildman–Crippen MR) is 130 cm³/mol. The molecule has 0 spiro atoms. The van der Waals surface area contributed by atoms with Crippen LogP contribution in [0.1, 0.15) is 17.8 Å². The van der Waals surface area contributed by atoms with E-state index >= 15 is 0 Å². The Morgan fingerprint density at radius 3 is 2.27 bits per heavy atom. The largest absolute Gasteiger partial charge is 0.369 e. The summed E-state index contributed by atoms with van der Waals surface area (Å²) in [5, 5.41) is 0. The molecule has 3 aromatic heterocycles. The van der Waals surface area contributed by atoms with Gasteiger partial charge in [0, 0.05) is 63.9 Å². The number of aryl methyl sites for hydroxylation is 3. The van der Waals surface area contributed by atoms with E-state index in [0.717, 1.165) is 67.4 Å². The highest BCUT2D eigenvalue weighted by atomic mass is 16.2. The topological polar surface area (TPSA) is 72.7 Å². The van der Waals surface area contributed by atoms with Gasteiger partial charge in [0.05, 0.1) is 0 Å². The first kappa shape index (κ1) is 21.5. The lowest BCUT2D eigenvalue weighted by Crippen LogP contribution is -2.46. The molecule has 5 rings (SSSR count). The van der Waals surface area contributed by atoms with Crippen LogP contribution in [-0.4, -0.2) is 60.7 Å². The summed E-state index contributed by atoms with van der Waals surface area (Å²) in [5.74, 6) is 0.729. The summed E-state index contributed by atoms with van der Waals surface area (Å²) in [7, 11) is 3.18. The van der Waals surface area contributed by atoms with Crippen molar-refractivity contribution in [3.05, 3.63) is 62.6 Å². The van der Waals surface area contributed by atoms with Gasteiger partial charge in [-0.05, 0) is 38.9 Å². The second-order valence-electron chi connectivity index (χ2n) is 8.97. The van der Waals surface area contributed by atoms with Gasteiger partial charge in [-0.15, -0.1) is 0 Å². The summed E-state index contributed by atoms with van der Waals surface area (Å²) in [4.78, 5) is 34.9. The highest BCUT2D eigenvalue weighted by Crippen LogP contribution is 2.21. The second-order valence-corrected chi connectivity index (χ2v) is 8.97. The average molecular weight is 450 g/mol. The van der Waals surface area contributed by atoms with Crippen molar-refractivity contribution in [1.29, 1.82) is 0 Å². The van der Waals surface area contributed by atoms with E-state index in [4.69, 9.17) is 4.98 Å². The van der Waals surface area contributed by atoms with Gasteiger partial charge in [0.2, 0.25) is 5.78 Å². The summed E-state index contributed by atoms with van der Waals surface area (Å²) in [5.41, 5.74) is 3.62. The maximum atomic E-state index is 12.9. The number of aromatic nitrogens is 5. The highest BCUT2D eigenvalue weighted by Gasteiger charge is 2.22. The van der Waals surface area contributed by atoms with Gasteiger partial charge < -0.3 is 9.47 Å². The number of hydrogen-bond acceptors (Lipinski definition) is 5. The minimum absolute atomic E-state index is 0.308. The molecule has 0 radical (unpaired) electrons. The van der Waals surface area contributed by atoms with Crippen LogP contribution < -0.4 is 16.1 Å². The lowest BCUT2D eigenvalue weighted by atomic mass is 10.2. The van der Waals surface area contributed by atoms with Crippen molar-refractivity contribution < 1.29 is 0 Å². The van der Waals surface area contributed by atoms with Crippen molar-refractivity contribution in [3.8, 4) is 0 Å². The summed E-state index contributed by atoms with van der Waals surface area (Å²) >= 11 is 0. The van der Waals surface area contributed by atoms with Gasteiger partial charge in [-0.3, -0.25) is 23.2 Å². The normalized spacial score (nSPS) is 15.2. The Hall–Kier alpha value is -3.33. The fraction of sp³-hybridized carbons (Fsp3) is 0.458. The maximum absolute atomic E-state index is 12.9. The van der Waals surface area contributed by atoms with Crippen LogP contribution in [0.5, 0.6) is 0 Å². The van der Waals surface area contributed by atoms with E-state index in [9.17, 15) is 9.59 Å². The molecule has 0 aliphatic carbocycles. The van der Waals surface area contributed by atoms with E-state index in [1.807, 2.05) is 11.3 Å². The molecule has 4 aromatic rings. The third-order valence-corrected chi connectivity index (χ3v) is 7.10. The van der Waals surface area contributed by atoms with Crippen LogP contribution in [0.4, 0.5) is 5.69 Å². The van der Waals surface area contributed by atoms with Crippen molar-refractivity contribution in [2.75, 3.05) is 37.6 Å². The Kier molecular flexibility index (Phi) is 5.36. The van der Waals surface area contributed by atoms with Gasteiger partial charge in [0.15, 0.2) is 11.2 Å². The first-order chi connectivity index (χ1) is 15.9. The lowest BCUT2D eigenvalue weighted by Gasteiger charge is -2.36. The van der Waals surface area contributed by atoms with Crippen LogP contribution in [0.2, 0.25) is 0 Å². The maximum Gasteiger partial charge on any atom is 0.332 e. The standard InChI is InChI=1S/C24H31N7O2/c1-17-18(2)31-20-21(26(3)24(33)27(4)22(20)32)25-23(31)30(17)12-8-11-28-13-15-29(16-14-28)19-9-6-5-7-10-19/h5-7,9-10H,8,11-16H2,1-4H3. The quantitative estimate of drug-likeness (QED) is 0.462. The first-order valence-electron chi connectivity index (χ1n) is 11.5. The minimum Gasteiger partial charge on any atom is -0.369 e. The monoisotopic (exact) mass is 449 g/mol. The fourth-order valence-electron chi connectivity index (χ4n) is 4.98. The van der Waals surface area contributed by atoms with E-state index in [-0.39, 0.29) is 11.2 Å². The Labute approximate surface area is 192 Å². The molecule has 1 fully saturated rings. The molecular formula is C24H31N7O2. The molecule has 1 aromatic carbocycles. The number of para-hydroxylation sites is 1. The SMILES string of the molecule is Cc1c(C)n2c3c(=O)n(C)c(=O)n(C)c3nc2n1CCCN1CCN(c2ccccc2)CC1. The molecule has 4 heterocycles. The molecule has 0 bridgehead atoms. The molecule has 1 saturated heterocycles. The number of fused-ring (bicyclic) bond motifs is 3. The van der Waals surface area contributed by atoms with Crippen molar-refractivity contribution >= 4 is 22.6 Å². The molecule has 174 valence electrons. The number of anilines is 1. The van der Waals surface area contributed by atoms with Crippen LogP contribution in [0.3, 0.4) is 0 Å². The molecule has 9 heteroatoms.